The summed E-state index contributed by atoms with van der Waals surface area (Å²) < 4.78 is 11.6. The molecule has 1 N–H and O–H groups in total. The minimum atomic E-state index is 0.526. The van der Waals surface area contributed by atoms with Gasteiger partial charge in [0.25, 0.3) is 0 Å². The molecule has 0 saturated carbocycles. The maximum absolute atomic E-state index is 5.87. The molecule has 0 bridgehead atoms. The molecule has 21 heavy (non-hydrogen) atoms. The molecular weight excluding hydrogens is 264 g/mol. The summed E-state index contributed by atoms with van der Waals surface area (Å²) in [4.78, 5) is 2.06. The van der Waals surface area contributed by atoms with Crippen LogP contribution in [0.25, 0.3) is 0 Å². The first-order chi connectivity index (χ1) is 10.1. The van der Waals surface area contributed by atoms with Gasteiger partial charge in [0.2, 0.25) is 0 Å². The van der Waals surface area contributed by atoms with Crippen LogP contribution in [0, 0.1) is 6.92 Å². The average molecular weight is 288 g/mol. The number of benzene rings is 1. The van der Waals surface area contributed by atoms with Crippen molar-refractivity contribution in [2.45, 2.75) is 27.0 Å². The number of nitrogens with one attached hydrogen (secondary N) is 1. The van der Waals surface area contributed by atoms with Crippen molar-refractivity contribution in [1.82, 2.24) is 5.32 Å². The molecule has 0 radical (unpaired) electrons. The Morgan fingerprint density at radius 2 is 2.05 bits per heavy atom. The van der Waals surface area contributed by atoms with Crippen molar-refractivity contribution >= 4 is 5.69 Å². The van der Waals surface area contributed by atoms with Crippen LogP contribution in [-0.2, 0) is 13.2 Å². The van der Waals surface area contributed by atoms with E-state index in [9.17, 15) is 0 Å². The lowest BCUT2D eigenvalue weighted by atomic mass is 10.2. The van der Waals surface area contributed by atoms with E-state index >= 15 is 0 Å². The summed E-state index contributed by atoms with van der Waals surface area (Å²) in [7, 11) is 4.04. The Bertz CT molecular complexity index is 576. The van der Waals surface area contributed by atoms with Crippen LogP contribution < -0.4 is 15.0 Å². The van der Waals surface area contributed by atoms with E-state index in [4.69, 9.17) is 9.15 Å². The van der Waals surface area contributed by atoms with Crippen LogP contribution in [0.4, 0.5) is 5.69 Å². The predicted octanol–water partition coefficient (Wildman–Crippen LogP) is 3.34. The highest BCUT2D eigenvalue weighted by atomic mass is 16.5. The second-order valence-corrected chi connectivity index (χ2v) is 5.25. The molecule has 0 aliphatic rings. The Balaban J connectivity index is 1.99. The van der Waals surface area contributed by atoms with Gasteiger partial charge in [0, 0.05) is 31.4 Å². The normalized spacial score (nSPS) is 10.7. The molecular formula is C17H24N2O2. The Morgan fingerprint density at radius 3 is 2.76 bits per heavy atom. The summed E-state index contributed by atoms with van der Waals surface area (Å²) in [5.74, 6) is 2.75. The summed E-state index contributed by atoms with van der Waals surface area (Å²) in [5.41, 5.74) is 2.22. The van der Waals surface area contributed by atoms with Gasteiger partial charge in [-0.3, -0.25) is 0 Å². The van der Waals surface area contributed by atoms with Crippen LogP contribution in [0.5, 0.6) is 5.75 Å². The number of hydrogen-bond donors (Lipinski definition) is 1. The third-order valence-electron chi connectivity index (χ3n) is 3.35. The lowest BCUT2D eigenvalue weighted by Crippen LogP contribution is -2.10. The maximum Gasteiger partial charge on any atom is 0.121 e. The minimum Gasteiger partial charge on any atom is -0.489 e. The predicted molar refractivity (Wildman–Crippen MR) is 85.9 cm³/mol. The van der Waals surface area contributed by atoms with E-state index in [2.05, 4.69) is 29.3 Å². The van der Waals surface area contributed by atoms with Crippen LogP contribution in [0.2, 0.25) is 0 Å². The number of hydrogen-bond acceptors (Lipinski definition) is 4. The molecule has 1 heterocycles. The van der Waals surface area contributed by atoms with Crippen LogP contribution >= 0.6 is 0 Å². The van der Waals surface area contributed by atoms with Gasteiger partial charge in [-0.1, -0.05) is 13.0 Å². The van der Waals surface area contributed by atoms with Crippen LogP contribution in [0.15, 0.2) is 34.7 Å². The van der Waals surface area contributed by atoms with Crippen LogP contribution in [0.3, 0.4) is 0 Å². The number of ether oxygens (including phenoxy) is 1. The number of aryl methyl sites for hydroxylation is 1. The molecule has 0 unspecified atom stereocenters. The van der Waals surface area contributed by atoms with Gasteiger partial charge in [0.15, 0.2) is 0 Å². The fourth-order valence-electron chi connectivity index (χ4n) is 2.08. The van der Waals surface area contributed by atoms with Crippen molar-refractivity contribution in [2.75, 3.05) is 25.5 Å². The molecule has 114 valence electrons. The third kappa shape index (κ3) is 4.26. The summed E-state index contributed by atoms with van der Waals surface area (Å²) in [6, 6.07) is 10.1. The first-order valence-electron chi connectivity index (χ1n) is 7.29. The molecule has 2 aromatic rings. The van der Waals surface area contributed by atoms with E-state index < -0.39 is 0 Å². The van der Waals surface area contributed by atoms with Gasteiger partial charge < -0.3 is 19.4 Å². The van der Waals surface area contributed by atoms with E-state index in [1.165, 1.54) is 0 Å². The zero-order chi connectivity index (χ0) is 15.2. The van der Waals surface area contributed by atoms with Crippen LogP contribution in [-0.4, -0.2) is 20.6 Å². The number of anilines is 1. The van der Waals surface area contributed by atoms with E-state index in [1.807, 2.05) is 39.2 Å². The molecule has 0 saturated heterocycles. The lowest BCUT2D eigenvalue weighted by Gasteiger charge is -2.13. The van der Waals surface area contributed by atoms with Crippen LogP contribution in [0.1, 0.15) is 24.0 Å². The highest BCUT2D eigenvalue weighted by molar-refractivity contribution is 5.49. The summed E-state index contributed by atoms with van der Waals surface area (Å²) in [6.45, 7) is 6.27. The largest absolute Gasteiger partial charge is 0.489 e. The Morgan fingerprint density at radius 1 is 1.24 bits per heavy atom. The van der Waals surface area contributed by atoms with Crippen molar-refractivity contribution in [2.24, 2.45) is 0 Å². The second-order valence-electron chi connectivity index (χ2n) is 5.25. The average Bonchev–Trinajstić information content (AvgIpc) is 2.83. The van der Waals surface area contributed by atoms with E-state index in [0.717, 1.165) is 41.6 Å². The monoisotopic (exact) mass is 288 g/mol. The van der Waals surface area contributed by atoms with E-state index in [0.29, 0.717) is 6.61 Å². The summed E-state index contributed by atoms with van der Waals surface area (Å²) >= 11 is 0. The summed E-state index contributed by atoms with van der Waals surface area (Å²) in [5, 5.41) is 3.26. The van der Waals surface area contributed by atoms with Gasteiger partial charge in [-0.25, -0.2) is 0 Å². The molecule has 0 fully saturated rings. The molecule has 2 rings (SSSR count). The number of nitrogens with zero attached hydrogens (tertiary/aromatic N) is 1. The smallest absolute Gasteiger partial charge is 0.121 e. The quantitative estimate of drug-likeness (QED) is 0.848. The third-order valence-corrected chi connectivity index (χ3v) is 3.35. The van der Waals surface area contributed by atoms with Gasteiger partial charge in [0.1, 0.15) is 23.9 Å². The first-order valence-corrected chi connectivity index (χ1v) is 7.29. The van der Waals surface area contributed by atoms with Gasteiger partial charge in [0.05, 0.1) is 6.54 Å². The fourth-order valence-corrected chi connectivity index (χ4v) is 2.08. The number of rotatable bonds is 7. The number of furan rings is 1. The molecule has 1 aromatic heterocycles. The zero-order valence-corrected chi connectivity index (χ0v) is 13.3. The highest BCUT2D eigenvalue weighted by Gasteiger charge is 2.08. The SMILES string of the molecule is CCNCc1cc(COc2cccc(N(C)C)c2)c(C)o1. The fraction of sp³-hybridized carbons (Fsp3) is 0.412. The van der Waals surface area contributed by atoms with Gasteiger partial charge in [-0.05, 0) is 31.7 Å². The van der Waals surface area contributed by atoms with Gasteiger partial charge in [-0.15, -0.1) is 0 Å². The molecule has 4 nitrogen and oxygen atoms in total. The molecule has 4 heteroatoms. The molecule has 0 aliphatic carbocycles. The topological polar surface area (TPSA) is 37.6 Å². The summed E-state index contributed by atoms with van der Waals surface area (Å²) in [6.07, 6.45) is 0. The maximum atomic E-state index is 5.87. The highest BCUT2D eigenvalue weighted by Crippen LogP contribution is 2.22. The van der Waals surface area contributed by atoms with E-state index in [1.54, 1.807) is 0 Å². The molecule has 0 spiro atoms. The standard InChI is InChI=1S/C17H24N2O2/c1-5-18-11-17-9-14(13(2)21-17)12-20-16-8-6-7-15(10-16)19(3)4/h6-10,18H,5,11-12H2,1-4H3. The Kier molecular flexibility index (Phi) is 5.28. The van der Waals surface area contributed by atoms with Gasteiger partial charge >= 0.3 is 0 Å². The second kappa shape index (κ2) is 7.18. The lowest BCUT2D eigenvalue weighted by molar-refractivity contribution is 0.303. The molecule has 0 aliphatic heterocycles. The van der Waals surface area contributed by atoms with Crippen molar-refractivity contribution in [1.29, 1.82) is 0 Å². The zero-order valence-electron chi connectivity index (χ0n) is 13.3. The van der Waals surface area contributed by atoms with E-state index in [-0.39, 0.29) is 0 Å². The van der Waals surface area contributed by atoms with Crippen molar-refractivity contribution < 1.29 is 9.15 Å². The van der Waals surface area contributed by atoms with Crippen molar-refractivity contribution in [3.8, 4) is 5.75 Å². The first kappa shape index (κ1) is 15.4. The molecule has 1 aromatic carbocycles. The Hall–Kier alpha value is -1.94. The minimum absolute atomic E-state index is 0.526. The van der Waals surface area contributed by atoms with Gasteiger partial charge in [-0.2, -0.15) is 0 Å². The molecule has 0 atom stereocenters. The Labute approximate surface area is 126 Å². The van der Waals surface area contributed by atoms with Crippen molar-refractivity contribution in [3.05, 3.63) is 47.4 Å². The van der Waals surface area contributed by atoms with Crippen molar-refractivity contribution in [3.63, 3.8) is 0 Å². The molecule has 0 amide bonds.